The molecule has 0 saturated carbocycles. The van der Waals surface area contributed by atoms with Gasteiger partial charge in [0.05, 0.1) is 5.56 Å². The molecule has 3 rings (SSSR count). The quantitative estimate of drug-likeness (QED) is 0.201. The van der Waals surface area contributed by atoms with E-state index in [0.717, 1.165) is 12.1 Å². The number of benzene rings is 2. The van der Waals surface area contributed by atoms with E-state index in [2.05, 4.69) is 10.3 Å². The number of nitrogen functional groups attached to an aromatic ring is 1. The van der Waals surface area contributed by atoms with Gasteiger partial charge < -0.3 is 15.8 Å². The summed E-state index contributed by atoms with van der Waals surface area (Å²) in [5, 5.41) is 18.9. The summed E-state index contributed by atoms with van der Waals surface area (Å²) in [6.45, 7) is 1.75. The standard InChI is InChI=1S/C23H23F2N5O3/c1-2-33-21(23(31)29-11-13-3-5-14(6-4-13)22(27)30-32)20-17(24)9-16(10-18(20)25)15-7-8-19(26)28-12-15/h3-10,12,21,32H,2,11H2,1H3,(H2,26,28)(H2,27,30)(H,29,31)/t21-/m0/s1. The highest BCUT2D eigenvalue weighted by Gasteiger charge is 2.28. The number of ether oxygens (including phenoxy) is 1. The third-order valence-corrected chi connectivity index (χ3v) is 4.85. The average Bonchev–Trinajstić information content (AvgIpc) is 2.81. The molecule has 0 radical (unpaired) electrons. The summed E-state index contributed by atoms with van der Waals surface area (Å²) in [5.41, 5.74) is 8.65. The van der Waals surface area contributed by atoms with E-state index in [-0.39, 0.29) is 30.4 Å². The van der Waals surface area contributed by atoms with Crippen LogP contribution in [-0.2, 0) is 16.1 Å². The fourth-order valence-corrected chi connectivity index (χ4v) is 3.17. The molecule has 0 saturated heterocycles. The van der Waals surface area contributed by atoms with Crippen molar-refractivity contribution in [2.24, 2.45) is 0 Å². The molecule has 1 heterocycles. The Morgan fingerprint density at radius 1 is 1.15 bits per heavy atom. The van der Waals surface area contributed by atoms with E-state index in [4.69, 9.17) is 21.1 Å². The third-order valence-electron chi connectivity index (χ3n) is 4.85. The number of rotatable bonds is 8. The SMILES string of the molecule is CCO[C@H](C(=O)NCc1ccc(C(=N)NO)cc1)c1c(F)cc(-c2ccc(N)nc2)cc1F. The van der Waals surface area contributed by atoms with Gasteiger partial charge in [-0.1, -0.05) is 24.3 Å². The smallest absolute Gasteiger partial charge is 0.254 e. The molecule has 0 bridgehead atoms. The van der Waals surface area contributed by atoms with Crippen LogP contribution in [0.25, 0.3) is 11.1 Å². The number of hydrogen-bond donors (Lipinski definition) is 5. The normalized spacial score (nSPS) is 11.6. The Hall–Kier alpha value is -3.89. The molecule has 8 nitrogen and oxygen atoms in total. The van der Waals surface area contributed by atoms with E-state index in [1.54, 1.807) is 42.7 Å². The molecular weight excluding hydrogens is 432 g/mol. The molecule has 1 atom stereocenters. The molecule has 0 aliphatic carbocycles. The molecule has 6 N–H and O–H groups in total. The zero-order chi connectivity index (χ0) is 24.0. The van der Waals surface area contributed by atoms with Gasteiger partial charge in [0.2, 0.25) is 0 Å². The van der Waals surface area contributed by atoms with Crippen molar-refractivity contribution in [2.45, 2.75) is 19.6 Å². The molecule has 0 unspecified atom stereocenters. The van der Waals surface area contributed by atoms with E-state index in [9.17, 15) is 13.6 Å². The number of carbonyl (C=O) groups excluding carboxylic acids is 1. The minimum absolute atomic E-state index is 0.0611. The van der Waals surface area contributed by atoms with Crippen LogP contribution in [0.4, 0.5) is 14.6 Å². The summed E-state index contributed by atoms with van der Waals surface area (Å²) < 4.78 is 35.3. The number of carbonyl (C=O) groups is 1. The van der Waals surface area contributed by atoms with Crippen molar-refractivity contribution in [1.82, 2.24) is 15.8 Å². The van der Waals surface area contributed by atoms with Crippen LogP contribution < -0.4 is 16.5 Å². The largest absolute Gasteiger partial charge is 0.384 e. The molecule has 172 valence electrons. The second kappa shape index (κ2) is 10.6. The van der Waals surface area contributed by atoms with E-state index in [0.29, 0.717) is 16.7 Å². The third kappa shape index (κ3) is 5.68. The molecule has 3 aromatic rings. The number of nitrogens with one attached hydrogen (secondary N) is 3. The molecular formula is C23H23F2N5O3. The molecule has 1 amide bonds. The van der Waals surface area contributed by atoms with E-state index in [1.165, 1.54) is 12.3 Å². The van der Waals surface area contributed by atoms with Gasteiger partial charge in [0.25, 0.3) is 5.91 Å². The molecule has 0 spiro atoms. The monoisotopic (exact) mass is 455 g/mol. The van der Waals surface area contributed by atoms with Crippen LogP contribution >= 0.6 is 0 Å². The first-order valence-electron chi connectivity index (χ1n) is 10.0. The van der Waals surface area contributed by atoms with E-state index in [1.807, 2.05) is 0 Å². The van der Waals surface area contributed by atoms with Crippen LogP contribution in [-0.4, -0.2) is 28.5 Å². The topological polar surface area (TPSA) is 133 Å². The van der Waals surface area contributed by atoms with Crippen LogP contribution in [0.5, 0.6) is 0 Å². The van der Waals surface area contributed by atoms with Gasteiger partial charge in [0.1, 0.15) is 23.3 Å². The first-order chi connectivity index (χ1) is 15.8. The second-order valence-corrected chi connectivity index (χ2v) is 7.06. The van der Waals surface area contributed by atoms with Crippen molar-refractivity contribution < 1.29 is 23.5 Å². The van der Waals surface area contributed by atoms with Gasteiger partial charge in [-0.2, -0.15) is 0 Å². The lowest BCUT2D eigenvalue weighted by Gasteiger charge is -2.19. The maximum Gasteiger partial charge on any atom is 0.254 e. The predicted octanol–water partition coefficient (Wildman–Crippen LogP) is 3.31. The van der Waals surface area contributed by atoms with Crippen LogP contribution in [0.2, 0.25) is 0 Å². The number of hydrogen-bond acceptors (Lipinski definition) is 6. The van der Waals surface area contributed by atoms with Gasteiger partial charge in [-0.15, -0.1) is 0 Å². The maximum atomic E-state index is 14.9. The highest BCUT2D eigenvalue weighted by atomic mass is 19.1. The van der Waals surface area contributed by atoms with Gasteiger partial charge >= 0.3 is 0 Å². The number of anilines is 1. The van der Waals surface area contributed by atoms with Crippen LogP contribution in [0.3, 0.4) is 0 Å². The summed E-state index contributed by atoms with van der Waals surface area (Å²) in [7, 11) is 0. The Morgan fingerprint density at radius 2 is 1.82 bits per heavy atom. The fourth-order valence-electron chi connectivity index (χ4n) is 3.17. The van der Waals surface area contributed by atoms with Crippen molar-refractivity contribution in [3.05, 3.63) is 83.1 Å². The summed E-state index contributed by atoms with van der Waals surface area (Å²) in [5.74, 6) is -2.44. The number of aromatic nitrogens is 1. The molecule has 10 heteroatoms. The van der Waals surface area contributed by atoms with Crippen molar-refractivity contribution in [2.75, 3.05) is 12.3 Å². The summed E-state index contributed by atoms with van der Waals surface area (Å²) in [4.78, 5) is 16.7. The van der Waals surface area contributed by atoms with Gasteiger partial charge in [0, 0.05) is 30.5 Å². The summed E-state index contributed by atoms with van der Waals surface area (Å²) >= 11 is 0. The zero-order valence-electron chi connectivity index (χ0n) is 17.7. The van der Waals surface area contributed by atoms with Gasteiger partial charge in [0.15, 0.2) is 6.10 Å². The van der Waals surface area contributed by atoms with Crippen LogP contribution in [0.15, 0.2) is 54.7 Å². The number of hydroxylamine groups is 1. The predicted molar refractivity (Wildman–Crippen MR) is 118 cm³/mol. The minimum Gasteiger partial charge on any atom is -0.384 e. The molecule has 0 fully saturated rings. The Labute approximate surface area is 188 Å². The number of nitrogens with zero attached hydrogens (tertiary/aromatic N) is 1. The Bertz CT molecular complexity index is 1110. The van der Waals surface area contributed by atoms with Crippen molar-refractivity contribution in [3.8, 4) is 11.1 Å². The van der Waals surface area contributed by atoms with Gasteiger partial charge in [-0.05, 0) is 42.3 Å². The van der Waals surface area contributed by atoms with Gasteiger partial charge in [-0.25, -0.2) is 13.8 Å². The lowest BCUT2D eigenvalue weighted by Crippen LogP contribution is -2.31. The maximum absolute atomic E-state index is 14.9. The second-order valence-electron chi connectivity index (χ2n) is 7.06. The zero-order valence-corrected chi connectivity index (χ0v) is 17.7. The summed E-state index contributed by atoms with van der Waals surface area (Å²) in [6, 6.07) is 11.8. The first-order valence-corrected chi connectivity index (χ1v) is 10.0. The highest BCUT2D eigenvalue weighted by molar-refractivity contribution is 5.95. The van der Waals surface area contributed by atoms with Crippen molar-refractivity contribution in [1.29, 1.82) is 5.41 Å². The summed E-state index contributed by atoms with van der Waals surface area (Å²) in [6.07, 6.45) is -0.0844. The minimum atomic E-state index is -1.49. The lowest BCUT2D eigenvalue weighted by molar-refractivity contribution is -0.133. The average molecular weight is 455 g/mol. The molecule has 2 aromatic carbocycles. The van der Waals surface area contributed by atoms with E-state index < -0.39 is 29.2 Å². The van der Waals surface area contributed by atoms with E-state index >= 15 is 0 Å². The number of amides is 1. The molecule has 1 aromatic heterocycles. The van der Waals surface area contributed by atoms with Gasteiger partial charge in [-0.3, -0.25) is 20.9 Å². The Kier molecular flexibility index (Phi) is 7.65. The molecule has 33 heavy (non-hydrogen) atoms. The first kappa shape index (κ1) is 23.8. The molecule has 0 aliphatic heterocycles. The van der Waals surface area contributed by atoms with Crippen LogP contribution in [0.1, 0.15) is 29.7 Å². The lowest BCUT2D eigenvalue weighted by atomic mass is 10.0. The van der Waals surface area contributed by atoms with Crippen molar-refractivity contribution in [3.63, 3.8) is 0 Å². The Balaban J connectivity index is 1.79. The molecule has 0 aliphatic rings. The van der Waals surface area contributed by atoms with Crippen LogP contribution in [0, 0.1) is 17.0 Å². The number of nitrogens with two attached hydrogens (primary N) is 1. The number of halogens is 2. The fraction of sp³-hybridized carbons (Fsp3) is 0.174. The Morgan fingerprint density at radius 3 is 2.36 bits per heavy atom. The number of pyridine rings is 1. The van der Waals surface area contributed by atoms with Crippen molar-refractivity contribution >= 4 is 17.6 Å². The number of amidine groups is 1. The highest BCUT2D eigenvalue weighted by Crippen LogP contribution is 2.30.